The first-order chi connectivity index (χ1) is 14.7. The Labute approximate surface area is 183 Å². The zero-order valence-corrected chi connectivity index (χ0v) is 18.9. The quantitative estimate of drug-likeness (QED) is 0.388. The normalized spacial score (nSPS) is 16.5. The summed E-state index contributed by atoms with van der Waals surface area (Å²) < 4.78 is 22.4. The average Bonchev–Trinajstić information content (AvgIpc) is 2.73. The van der Waals surface area contributed by atoms with Crippen molar-refractivity contribution in [2.45, 2.75) is 25.5 Å². The number of sulfone groups is 1. The fraction of sp³-hybridized carbons (Fsp3) is 0.524. The van der Waals surface area contributed by atoms with Gasteiger partial charge in [0.1, 0.15) is 21.4 Å². The van der Waals surface area contributed by atoms with E-state index in [1.54, 1.807) is 0 Å². The van der Waals surface area contributed by atoms with E-state index >= 15 is 0 Å². The molecule has 1 heterocycles. The van der Waals surface area contributed by atoms with Crippen LogP contribution in [0.5, 0.6) is 0 Å². The van der Waals surface area contributed by atoms with E-state index in [2.05, 4.69) is 44.0 Å². The molecule has 1 unspecified atom stereocenters. The highest BCUT2D eigenvalue weighted by Gasteiger charge is 2.20. The van der Waals surface area contributed by atoms with Crippen molar-refractivity contribution < 1.29 is 18.3 Å². The molecule has 1 amide bonds. The standard InChI is InChI=1S/C21H31N5O4S/c1-22-19(12-20(23-2)24-9-11-31(3,29)30)21(28)25-13-18(27)15-26-10-8-16-6-4-5-7-17(16)14-26/h4-7,18,27H,2,8-15H2,1,3H3,(H,25,28). The van der Waals surface area contributed by atoms with Crippen molar-refractivity contribution in [3.63, 3.8) is 0 Å². The van der Waals surface area contributed by atoms with E-state index in [0.717, 1.165) is 25.8 Å². The predicted octanol–water partition coefficient (Wildman–Crippen LogP) is 0.126. The van der Waals surface area contributed by atoms with Crippen LogP contribution in [0.2, 0.25) is 0 Å². The van der Waals surface area contributed by atoms with Gasteiger partial charge in [0.05, 0.1) is 24.8 Å². The highest BCUT2D eigenvalue weighted by atomic mass is 32.2. The third kappa shape index (κ3) is 8.68. The second kappa shape index (κ2) is 11.8. The summed E-state index contributed by atoms with van der Waals surface area (Å²) in [6, 6.07) is 8.28. The maximum Gasteiger partial charge on any atom is 0.265 e. The number of nitrogens with one attached hydrogen (secondary N) is 1. The topological polar surface area (TPSA) is 124 Å². The molecule has 1 atom stereocenters. The van der Waals surface area contributed by atoms with Gasteiger partial charge in [-0.15, -0.1) is 0 Å². The number of aliphatic imine (C=N–C) groups is 3. The van der Waals surface area contributed by atoms with Crippen LogP contribution in [0, 0.1) is 0 Å². The van der Waals surface area contributed by atoms with Crippen LogP contribution >= 0.6 is 0 Å². The minimum atomic E-state index is -3.14. The summed E-state index contributed by atoms with van der Waals surface area (Å²) in [4.78, 5) is 26.4. The lowest BCUT2D eigenvalue weighted by Gasteiger charge is -2.30. The first kappa shape index (κ1) is 24.8. The van der Waals surface area contributed by atoms with Gasteiger partial charge in [0.25, 0.3) is 5.91 Å². The lowest BCUT2D eigenvalue weighted by molar-refractivity contribution is -0.115. The van der Waals surface area contributed by atoms with Gasteiger partial charge in [-0.3, -0.25) is 19.7 Å². The maximum absolute atomic E-state index is 12.4. The number of rotatable bonds is 10. The van der Waals surface area contributed by atoms with Gasteiger partial charge in [-0.1, -0.05) is 24.3 Å². The van der Waals surface area contributed by atoms with E-state index < -0.39 is 21.8 Å². The number of benzene rings is 1. The Morgan fingerprint density at radius 1 is 1.32 bits per heavy atom. The van der Waals surface area contributed by atoms with Crippen LogP contribution < -0.4 is 5.32 Å². The average molecular weight is 450 g/mol. The van der Waals surface area contributed by atoms with Gasteiger partial charge in [-0.25, -0.2) is 13.4 Å². The van der Waals surface area contributed by atoms with Gasteiger partial charge in [0, 0.05) is 39.5 Å². The number of aliphatic hydroxyl groups is 1. The molecule has 1 aliphatic rings. The van der Waals surface area contributed by atoms with Crippen LogP contribution in [-0.2, 0) is 27.6 Å². The molecule has 0 spiro atoms. The number of fused-ring (bicyclic) bond motifs is 1. The largest absolute Gasteiger partial charge is 0.390 e. The number of hydrogen-bond donors (Lipinski definition) is 2. The van der Waals surface area contributed by atoms with E-state index in [0.29, 0.717) is 6.54 Å². The Hall–Kier alpha value is -2.43. The number of amides is 1. The van der Waals surface area contributed by atoms with E-state index in [-0.39, 0.29) is 36.8 Å². The van der Waals surface area contributed by atoms with Crippen molar-refractivity contribution in [2.24, 2.45) is 15.0 Å². The molecule has 0 radical (unpaired) electrons. The highest BCUT2D eigenvalue weighted by Crippen LogP contribution is 2.18. The van der Waals surface area contributed by atoms with Crippen LogP contribution in [0.25, 0.3) is 0 Å². The fourth-order valence-corrected chi connectivity index (χ4v) is 3.72. The molecule has 10 heteroatoms. The number of amidine groups is 1. The molecule has 1 aromatic rings. The Morgan fingerprint density at radius 2 is 2.03 bits per heavy atom. The van der Waals surface area contributed by atoms with Gasteiger partial charge in [-0.05, 0) is 24.3 Å². The van der Waals surface area contributed by atoms with Gasteiger partial charge in [0.15, 0.2) is 0 Å². The molecule has 2 N–H and O–H groups in total. The summed E-state index contributed by atoms with van der Waals surface area (Å²) in [5.74, 6) is -0.291. The van der Waals surface area contributed by atoms with Crippen molar-refractivity contribution >= 4 is 34.0 Å². The van der Waals surface area contributed by atoms with Gasteiger partial charge >= 0.3 is 0 Å². The van der Waals surface area contributed by atoms with Crippen molar-refractivity contribution in [1.29, 1.82) is 0 Å². The lowest BCUT2D eigenvalue weighted by atomic mass is 10.00. The lowest BCUT2D eigenvalue weighted by Crippen LogP contribution is -2.43. The first-order valence-corrected chi connectivity index (χ1v) is 12.2. The van der Waals surface area contributed by atoms with Crippen molar-refractivity contribution in [3.8, 4) is 0 Å². The van der Waals surface area contributed by atoms with Crippen LogP contribution in [-0.4, -0.2) is 93.9 Å². The number of carbonyl (C=O) groups is 1. The van der Waals surface area contributed by atoms with Gasteiger partial charge in [-0.2, -0.15) is 0 Å². The minimum absolute atomic E-state index is 0.0363. The monoisotopic (exact) mass is 449 g/mol. The smallest absolute Gasteiger partial charge is 0.265 e. The molecule has 0 saturated heterocycles. The molecule has 31 heavy (non-hydrogen) atoms. The van der Waals surface area contributed by atoms with Crippen molar-refractivity contribution in [1.82, 2.24) is 10.2 Å². The molecule has 0 aromatic heterocycles. The van der Waals surface area contributed by atoms with Crippen molar-refractivity contribution in [2.75, 3.05) is 45.2 Å². The second-order valence-corrected chi connectivity index (χ2v) is 9.81. The Balaban J connectivity index is 1.81. The van der Waals surface area contributed by atoms with Crippen LogP contribution in [0.4, 0.5) is 0 Å². The third-order valence-electron chi connectivity index (χ3n) is 4.97. The Kier molecular flexibility index (Phi) is 9.47. The van der Waals surface area contributed by atoms with Crippen LogP contribution in [0.1, 0.15) is 17.5 Å². The highest BCUT2D eigenvalue weighted by molar-refractivity contribution is 7.90. The molecular formula is C21H31N5O4S. The molecule has 0 bridgehead atoms. The summed E-state index contributed by atoms with van der Waals surface area (Å²) in [7, 11) is -1.66. The molecule has 170 valence electrons. The number of nitrogens with zero attached hydrogens (tertiary/aromatic N) is 4. The SMILES string of the molecule is C=NC(CC(=NC)C(=O)NCC(O)CN1CCc2ccccc2C1)=NCCS(C)(=O)=O. The molecule has 0 fully saturated rings. The summed E-state index contributed by atoms with van der Waals surface area (Å²) in [5.41, 5.74) is 2.80. The number of aliphatic hydroxyl groups excluding tert-OH is 1. The number of hydrogen-bond acceptors (Lipinski definition) is 7. The van der Waals surface area contributed by atoms with Crippen molar-refractivity contribution in [3.05, 3.63) is 35.4 Å². The van der Waals surface area contributed by atoms with Crippen LogP contribution in [0.3, 0.4) is 0 Å². The third-order valence-corrected chi connectivity index (χ3v) is 5.90. The maximum atomic E-state index is 12.4. The molecular weight excluding hydrogens is 418 g/mol. The molecule has 0 aliphatic carbocycles. The second-order valence-electron chi connectivity index (χ2n) is 7.55. The molecule has 9 nitrogen and oxygen atoms in total. The summed E-state index contributed by atoms with van der Waals surface area (Å²) in [5, 5.41) is 13.1. The van der Waals surface area contributed by atoms with Crippen LogP contribution in [0.15, 0.2) is 39.2 Å². The van der Waals surface area contributed by atoms with E-state index in [4.69, 9.17) is 0 Å². The number of β-amino-alcohol motifs (C(OH)–C–C–N with tert-alkyl or cyclic N) is 1. The van der Waals surface area contributed by atoms with E-state index in [1.807, 2.05) is 12.1 Å². The minimum Gasteiger partial charge on any atom is -0.390 e. The summed E-state index contributed by atoms with van der Waals surface area (Å²) in [6.45, 7) is 5.66. The first-order valence-electron chi connectivity index (χ1n) is 10.1. The zero-order valence-electron chi connectivity index (χ0n) is 18.1. The van der Waals surface area contributed by atoms with Gasteiger partial charge in [0.2, 0.25) is 0 Å². The Morgan fingerprint density at radius 3 is 2.68 bits per heavy atom. The summed E-state index contributed by atoms with van der Waals surface area (Å²) in [6.07, 6.45) is 1.39. The zero-order chi connectivity index (χ0) is 22.9. The van der Waals surface area contributed by atoms with Gasteiger partial charge < -0.3 is 10.4 Å². The van der Waals surface area contributed by atoms with E-state index in [1.165, 1.54) is 18.2 Å². The molecule has 0 saturated carbocycles. The fourth-order valence-electron chi connectivity index (χ4n) is 3.30. The molecule has 2 rings (SSSR count). The summed E-state index contributed by atoms with van der Waals surface area (Å²) >= 11 is 0. The predicted molar refractivity (Wildman–Crippen MR) is 124 cm³/mol. The molecule has 1 aromatic carbocycles. The van der Waals surface area contributed by atoms with E-state index in [9.17, 15) is 18.3 Å². The molecule has 1 aliphatic heterocycles. The Bertz CT molecular complexity index is 943. The number of carbonyl (C=O) groups excluding carboxylic acids is 1.